The second-order valence-corrected chi connectivity index (χ2v) is 5.67. The molecule has 0 saturated carbocycles. The van der Waals surface area contributed by atoms with E-state index < -0.39 is 0 Å². The minimum atomic E-state index is -0.0911. The lowest BCUT2D eigenvalue weighted by Crippen LogP contribution is -2.14. The van der Waals surface area contributed by atoms with Crippen molar-refractivity contribution >= 4 is 34.8 Å². The molecule has 2 nitrogen and oxygen atoms in total. The third-order valence-electron chi connectivity index (χ3n) is 3.08. The van der Waals surface area contributed by atoms with Crippen molar-refractivity contribution in [3.8, 4) is 0 Å². The Morgan fingerprint density at radius 3 is 2.25 bits per heavy atom. The molecule has 0 fully saturated rings. The summed E-state index contributed by atoms with van der Waals surface area (Å²) in [5.41, 5.74) is 3.99. The monoisotopic (exact) mass is 307 g/mol. The van der Waals surface area contributed by atoms with Crippen molar-refractivity contribution in [3.63, 3.8) is 0 Å². The fraction of sp³-hybridized carbons (Fsp3) is 0.188. The Balaban J connectivity index is 2.06. The van der Waals surface area contributed by atoms with Crippen LogP contribution in [0.5, 0.6) is 0 Å². The SMILES string of the molecule is Cc1ccc(CC(=O)Nc2cc(Cl)cc(Cl)c2)cc1C. The quantitative estimate of drug-likeness (QED) is 0.867. The van der Waals surface area contributed by atoms with E-state index in [1.807, 2.05) is 32.0 Å². The number of hydrogen-bond donors (Lipinski definition) is 1. The lowest BCUT2D eigenvalue weighted by molar-refractivity contribution is -0.115. The molecule has 4 heteroatoms. The molecule has 1 N–H and O–H groups in total. The highest BCUT2D eigenvalue weighted by molar-refractivity contribution is 6.35. The summed E-state index contributed by atoms with van der Waals surface area (Å²) in [5.74, 6) is -0.0911. The Morgan fingerprint density at radius 2 is 1.65 bits per heavy atom. The number of carbonyl (C=O) groups excluding carboxylic acids is 1. The van der Waals surface area contributed by atoms with Crippen molar-refractivity contribution in [1.82, 2.24) is 0 Å². The molecule has 0 unspecified atom stereocenters. The van der Waals surface area contributed by atoms with E-state index in [1.165, 1.54) is 11.1 Å². The van der Waals surface area contributed by atoms with Crippen molar-refractivity contribution in [1.29, 1.82) is 0 Å². The first-order valence-corrected chi connectivity index (χ1v) is 7.02. The topological polar surface area (TPSA) is 29.1 Å². The van der Waals surface area contributed by atoms with Crippen LogP contribution >= 0.6 is 23.2 Å². The fourth-order valence-electron chi connectivity index (χ4n) is 1.93. The van der Waals surface area contributed by atoms with Gasteiger partial charge in [-0.3, -0.25) is 4.79 Å². The van der Waals surface area contributed by atoms with Crippen LogP contribution in [-0.2, 0) is 11.2 Å². The average Bonchev–Trinajstić information content (AvgIpc) is 2.32. The lowest BCUT2D eigenvalue weighted by Gasteiger charge is -2.08. The molecule has 20 heavy (non-hydrogen) atoms. The molecule has 2 aromatic carbocycles. The molecule has 104 valence electrons. The molecule has 0 radical (unpaired) electrons. The van der Waals surface area contributed by atoms with Gasteiger partial charge in [0.05, 0.1) is 6.42 Å². The molecule has 2 aromatic rings. The van der Waals surface area contributed by atoms with Crippen LogP contribution < -0.4 is 5.32 Å². The summed E-state index contributed by atoms with van der Waals surface area (Å²) >= 11 is 11.8. The number of halogens is 2. The Labute approximate surface area is 128 Å². The maximum Gasteiger partial charge on any atom is 0.228 e. The van der Waals surface area contributed by atoms with Gasteiger partial charge in [-0.25, -0.2) is 0 Å². The molecule has 1 amide bonds. The number of amides is 1. The van der Waals surface area contributed by atoms with Crippen LogP contribution in [0.1, 0.15) is 16.7 Å². The summed E-state index contributed by atoms with van der Waals surface area (Å²) in [4.78, 5) is 12.0. The molecule has 0 aliphatic rings. The number of benzene rings is 2. The Kier molecular flexibility index (Phi) is 4.69. The van der Waals surface area contributed by atoms with Gasteiger partial charge in [-0.15, -0.1) is 0 Å². The summed E-state index contributed by atoms with van der Waals surface area (Å²) in [5, 5.41) is 3.80. The number of nitrogens with one attached hydrogen (secondary N) is 1. The number of hydrogen-bond acceptors (Lipinski definition) is 1. The summed E-state index contributed by atoms with van der Waals surface area (Å²) in [6, 6.07) is 11.0. The minimum Gasteiger partial charge on any atom is -0.326 e. The molecule has 0 atom stereocenters. The van der Waals surface area contributed by atoms with E-state index in [0.717, 1.165) is 5.56 Å². The van der Waals surface area contributed by atoms with E-state index in [4.69, 9.17) is 23.2 Å². The van der Waals surface area contributed by atoms with Gasteiger partial charge in [-0.1, -0.05) is 41.4 Å². The second kappa shape index (κ2) is 6.29. The normalized spacial score (nSPS) is 10.4. The van der Waals surface area contributed by atoms with Gasteiger partial charge in [0.25, 0.3) is 0 Å². The summed E-state index contributed by atoms with van der Waals surface area (Å²) in [6.07, 6.45) is 0.325. The van der Waals surface area contributed by atoms with E-state index in [-0.39, 0.29) is 5.91 Å². The van der Waals surface area contributed by atoms with Gasteiger partial charge >= 0.3 is 0 Å². The number of anilines is 1. The van der Waals surface area contributed by atoms with Gasteiger partial charge in [0.15, 0.2) is 0 Å². The van der Waals surface area contributed by atoms with E-state index in [0.29, 0.717) is 22.2 Å². The van der Waals surface area contributed by atoms with Gasteiger partial charge in [0.1, 0.15) is 0 Å². The highest BCUT2D eigenvalue weighted by Gasteiger charge is 2.06. The smallest absolute Gasteiger partial charge is 0.228 e. The first-order valence-electron chi connectivity index (χ1n) is 6.26. The first-order chi connectivity index (χ1) is 9.44. The van der Waals surface area contributed by atoms with E-state index >= 15 is 0 Å². The van der Waals surface area contributed by atoms with Crippen LogP contribution in [0.15, 0.2) is 36.4 Å². The van der Waals surface area contributed by atoms with E-state index in [2.05, 4.69) is 5.32 Å². The Hall–Kier alpha value is -1.51. The van der Waals surface area contributed by atoms with E-state index in [9.17, 15) is 4.79 Å². The summed E-state index contributed by atoms with van der Waals surface area (Å²) in [7, 11) is 0. The molecule has 0 spiro atoms. The largest absolute Gasteiger partial charge is 0.326 e. The highest BCUT2D eigenvalue weighted by Crippen LogP contribution is 2.22. The molecule has 0 aromatic heterocycles. The van der Waals surface area contributed by atoms with Gasteiger partial charge in [0, 0.05) is 15.7 Å². The third kappa shape index (κ3) is 3.99. The van der Waals surface area contributed by atoms with Crippen LogP contribution in [0.4, 0.5) is 5.69 Å². The van der Waals surface area contributed by atoms with E-state index in [1.54, 1.807) is 18.2 Å². The second-order valence-electron chi connectivity index (χ2n) is 4.80. The minimum absolute atomic E-state index is 0.0911. The Morgan fingerprint density at radius 1 is 1.00 bits per heavy atom. The maximum absolute atomic E-state index is 12.0. The molecule has 0 bridgehead atoms. The van der Waals surface area contributed by atoms with Gasteiger partial charge < -0.3 is 5.32 Å². The molecular weight excluding hydrogens is 293 g/mol. The molecule has 0 saturated heterocycles. The lowest BCUT2D eigenvalue weighted by atomic mass is 10.0. The van der Waals surface area contributed by atoms with Crippen molar-refractivity contribution in [2.24, 2.45) is 0 Å². The predicted molar refractivity (Wildman–Crippen MR) is 84.7 cm³/mol. The van der Waals surface area contributed by atoms with Crippen LogP contribution in [0.2, 0.25) is 10.0 Å². The third-order valence-corrected chi connectivity index (χ3v) is 3.52. The van der Waals surface area contributed by atoms with Crippen LogP contribution in [-0.4, -0.2) is 5.91 Å². The van der Waals surface area contributed by atoms with Gasteiger partial charge in [0.2, 0.25) is 5.91 Å². The van der Waals surface area contributed by atoms with Crippen LogP contribution in [0.3, 0.4) is 0 Å². The number of rotatable bonds is 3. The molecule has 2 rings (SSSR count). The summed E-state index contributed by atoms with van der Waals surface area (Å²) < 4.78 is 0. The Bertz CT molecular complexity index is 633. The molecule has 0 heterocycles. The average molecular weight is 308 g/mol. The van der Waals surface area contributed by atoms with Gasteiger partial charge in [-0.2, -0.15) is 0 Å². The van der Waals surface area contributed by atoms with Crippen LogP contribution in [0.25, 0.3) is 0 Å². The maximum atomic E-state index is 12.0. The summed E-state index contributed by atoms with van der Waals surface area (Å²) in [6.45, 7) is 4.08. The fourth-order valence-corrected chi connectivity index (χ4v) is 2.46. The van der Waals surface area contributed by atoms with Crippen molar-refractivity contribution in [2.75, 3.05) is 5.32 Å². The number of aryl methyl sites for hydroxylation is 2. The molecule has 0 aliphatic carbocycles. The van der Waals surface area contributed by atoms with Gasteiger partial charge in [-0.05, 0) is 48.7 Å². The van der Waals surface area contributed by atoms with Crippen molar-refractivity contribution in [3.05, 3.63) is 63.1 Å². The van der Waals surface area contributed by atoms with Crippen molar-refractivity contribution in [2.45, 2.75) is 20.3 Å². The standard InChI is InChI=1S/C16H15Cl2NO/c1-10-3-4-12(5-11(10)2)6-16(20)19-15-8-13(17)7-14(18)9-15/h3-5,7-9H,6H2,1-2H3,(H,19,20). The predicted octanol–water partition coefficient (Wildman–Crippen LogP) is 4.79. The first kappa shape index (κ1) is 14.9. The number of carbonyl (C=O) groups is 1. The highest BCUT2D eigenvalue weighted by atomic mass is 35.5. The zero-order valence-corrected chi connectivity index (χ0v) is 12.8. The molecular formula is C16H15Cl2NO. The van der Waals surface area contributed by atoms with Crippen molar-refractivity contribution < 1.29 is 4.79 Å². The molecule has 0 aliphatic heterocycles. The van der Waals surface area contributed by atoms with Crippen LogP contribution in [0, 0.1) is 13.8 Å². The zero-order chi connectivity index (χ0) is 14.7. The zero-order valence-electron chi connectivity index (χ0n) is 11.3.